The number of aliphatic imine (C=N–C) groups is 1. The van der Waals surface area contributed by atoms with Crippen LogP contribution in [0.4, 0.5) is 0 Å². The minimum Gasteiger partial charge on any atom is -0.350 e. The van der Waals surface area contributed by atoms with Crippen LogP contribution in [0.1, 0.15) is 38.3 Å². The number of hydrogen-bond acceptors (Lipinski definition) is 4. The van der Waals surface area contributed by atoms with Gasteiger partial charge in [-0.1, -0.05) is 19.1 Å². The molecule has 2 aliphatic heterocycles. The average Bonchev–Trinajstić information content (AvgIpc) is 3.01. The van der Waals surface area contributed by atoms with Gasteiger partial charge in [-0.05, 0) is 36.8 Å². The van der Waals surface area contributed by atoms with Crippen LogP contribution in [0.3, 0.4) is 0 Å². The molecule has 0 aromatic carbocycles. The van der Waals surface area contributed by atoms with Crippen molar-refractivity contribution in [3.8, 4) is 0 Å². The van der Waals surface area contributed by atoms with Crippen LogP contribution >= 0.6 is 0 Å². The molecule has 22 heavy (non-hydrogen) atoms. The second-order valence-corrected chi connectivity index (χ2v) is 6.00. The molecule has 0 bridgehead atoms. The third-order valence-corrected chi connectivity index (χ3v) is 4.12. The minimum atomic E-state index is 0. The van der Waals surface area contributed by atoms with Crippen molar-refractivity contribution < 1.29 is 29.0 Å². The fourth-order valence-electron chi connectivity index (χ4n) is 2.90. The minimum absolute atomic E-state index is 0. The third-order valence-electron chi connectivity index (χ3n) is 4.12. The number of aromatic nitrogens is 1. The first-order valence-electron chi connectivity index (χ1n) is 7.64. The molecule has 1 aromatic heterocycles. The van der Waals surface area contributed by atoms with Gasteiger partial charge < -0.3 is 9.47 Å². The summed E-state index contributed by atoms with van der Waals surface area (Å²) in [5.74, 6) is 0. The van der Waals surface area contributed by atoms with Gasteiger partial charge >= 0.3 is 19.5 Å². The van der Waals surface area contributed by atoms with Crippen LogP contribution in [0.15, 0.2) is 41.7 Å². The first-order valence-corrected chi connectivity index (χ1v) is 7.64. The summed E-state index contributed by atoms with van der Waals surface area (Å²) in [6, 6.07) is 5.97. The summed E-state index contributed by atoms with van der Waals surface area (Å²) in [5.41, 5.74) is 2.21. The van der Waals surface area contributed by atoms with Crippen LogP contribution in [-0.2, 0) is 29.0 Å². The van der Waals surface area contributed by atoms with E-state index in [1.807, 2.05) is 30.6 Å². The molecule has 0 aliphatic carbocycles. The van der Waals surface area contributed by atoms with E-state index >= 15 is 0 Å². The molecule has 2 aliphatic rings. The van der Waals surface area contributed by atoms with E-state index in [4.69, 9.17) is 9.47 Å². The maximum Gasteiger partial charge on any atom is 2.00 e. The summed E-state index contributed by atoms with van der Waals surface area (Å²) >= 11 is 0. The Labute approximate surface area is 144 Å². The Balaban J connectivity index is 0.00000176. The molecule has 1 fully saturated rings. The Morgan fingerprint density at radius 2 is 2.09 bits per heavy atom. The summed E-state index contributed by atoms with van der Waals surface area (Å²) in [6.45, 7) is 3.76. The van der Waals surface area contributed by atoms with E-state index in [0.29, 0.717) is 0 Å². The van der Waals surface area contributed by atoms with Crippen LogP contribution in [0.2, 0.25) is 0 Å². The number of ether oxygens (including phenoxy) is 2. The second kappa shape index (κ2) is 8.10. The van der Waals surface area contributed by atoms with Crippen molar-refractivity contribution in [2.45, 2.75) is 38.9 Å². The molecule has 4 nitrogen and oxygen atoms in total. The molecule has 0 saturated carbocycles. The van der Waals surface area contributed by atoms with Crippen molar-refractivity contribution in [3.05, 3.63) is 42.4 Å². The Morgan fingerprint density at radius 1 is 1.27 bits per heavy atom. The summed E-state index contributed by atoms with van der Waals surface area (Å²) in [4.78, 5) is 8.91. The van der Waals surface area contributed by atoms with Gasteiger partial charge in [-0.25, -0.2) is 0 Å². The summed E-state index contributed by atoms with van der Waals surface area (Å²) in [7, 11) is 0. The van der Waals surface area contributed by atoms with Gasteiger partial charge in [0.05, 0.1) is 24.6 Å². The maximum atomic E-state index is 5.49. The van der Waals surface area contributed by atoms with Gasteiger partial charge in [0.2, 0.25) is 0 Å². The van der Waals surface area contributed by atoms with Gasteiger partial charge in [-0.15, -0.1) is 0 Å². The van der Waals surface area contributed by atoms with Gasteiger partial charge in [-0.3, -0.25) is 9.98 Å². The molecule has 5 heteroatoms. The van der Waals surface area contributed by atoms with Crippen molar-refractivity contribution in [1.82, 2.24) is 4.98 Å². The summed E-state index contributed by atoms with van der Waals surface area (Å²) < 4.78 is 11.0. The quantitative estimate of drug-likeness (QED) is 0.728. The van der Waals surface area contributed by atoms with Crippen molar-refractivity contribution >= 4 is 5.71 Å². The van der Waals surface area contributed by atoms with Crippen LogP contribution in [0, 0.1) is 5.41 Å². The van der Waals surface area contributed by atoms with E-state index in [9.17, 15) is 0 Å². The molecule has 1 aromatic rings. The molecule has 3 heterocycles. The van der Waals surface area contributed by atoms with Crippen LogP contribution < -0.4 is 0 Å². The molecule has 3 rings (SSSR count). The van der Waals surface area contributed by atoms with Crippen LogP contribution in [0.5, 0.6) is 0 Å². The molecule has 1 unspecified atom stereocenters. The standard InChI is InChI=1S/C17H22N2O2.Ru/c1-17(7-4-6-16-20-11-12-21-16)8-10-19-15(13-17)14-5-2-3-9-18-14;/h2-3,5,8-10,16H,4,6-7,11-13H2,1H3;/q;+2. The first kappa shape index (κ1) is 17.5. The SMILES string of the molecule is CC1(CCCC2OCCO2)C=CN=C(c2ccccn2)C1.[Ru+2]. The molecule has 0 N–H and O–H groups in total. The number of rotatable bonds is 5. The topological polar surface area (TPSA) is 43.7 Å². The molecule has 118 valence electrons. The average molecular weight is 387 g/mol. The van der Waals surface area contributed by atoms with Gasteiger partial charge in [0.1, 0.15) is 0 Å². The maximum absolute atomic E-state index is 5.49. The molecular weight excluding hydrogens is 365 g/mol. The summed E-state index contributed by atoms with van der Waals surface area (Å²) in [5, 5.41) is 0. The van der Waals surface area contributed by atoms with E-state index in [-0.39, 0.29) is 31.2 Å². The number of pyridine rings is 1. The van der Waals surface area contributed by atoms with Crippen LogP contribution in [0.25, 0.3) is 0 Å². The number of nitrogens with zero attached hydrogens (tertiary/aromatic N) is 2. The second-order valence-electron chi connectivity index (χ2n) is 6.00. The zero-order valence-corrected chi connectivity index (χ0v) is 14.6. The molecule has 0 amide bonds. The van der Waals surface area contributed by atoms with Crippen molar-refractivity contribution in [3.63, 3.8) is 0 Å². The van der Waals surface area contributed by atoms with E-state index in [0.717, 1.165) is 50.3 Å². The molecule has 0 spiro atoms. The van der Waals surface area contributed by atoms with Crippen molar-refractivity contribution in [2.75, 3.05) is 13.2 Å². The van der Waals surface area contributed by atoms with E-state index in [1.54, 1.807) is 0 Å². The van der Waals surface area contributed by atoms with Gasteiger partial charge in [0.15, 0.2) is 6.29 Å². The monoisotopic (exact) mass is 388 g/mol. The molecular formula is C17H22N2O2Ru+2. The Bertz CT molecular complexity index is 527. The number of hydrogen-bond donors (Lipinski definition) is 0. The van der Waals surface area contributed by atoms with Gasteiger partial charge in [-0.2, -0.15) is 0 Å². The fourth-order valence-corrected chi connectivity index (χ4v) is 2.90. The van der Waals surface area contributed by atoms with Crippen molar-refractivity contribution in [1.29, 1.82) is 0 Å². The normalized spacial score (nSPS) is 24.9. The Kier molecular flexibility index (Phi) is 6.42. The van der Waals surface area contributed by atoms with Gasteiger partial charge in [0, 0.05) is 18.8 Å². The van der Waals surface area contributed by atoms with Crippen molar-refractivity contribution in [2.24, 2.45) is 10.4 Å². The Hall–Kier alpha value is -0.897. The van der Waals surface area contributed by atoms with E-state index in [1.165, 1.54) is 0 Å². The molecule has 0 radical (unpaired) electrons. The van der Waals surface area contributed by atoms with E-state index in [2.05, 4.69) is 23.0 Å². The van der Waals surface area contributed by atoms with E-state index < -0.39 is 0 Å². The number of allylic oxidation sites excluding steroid dienone is 1. The predicted molar refractivity (Wildman–Crippen MR) is 82.2 cm³/mol. The largest absolute Gasteiger partial charge is 2.00 e. The Morgan fingerprint density at radius 3 is 2.82 bits per heavy atom. The van der Waals surface area contributed by atoms with Gasteiger partial charge in [0.25, 0.3) is 0 Å². The predicted octanol–water partition coefficient (Wildman–Crippen LogP) is 3.34. The molecule has 1 saturated heterocycles. The summed E-state index contributed by atoms with van der Waals surface area (Å²) in [6.07, 6.45) is 10.1. The smallest absolute Gasteiger partial charge is 0.350 e. The fraction of sp³-hybridized carbons (Fsp3) is 0.529. The molecule has 1 atom stereocenters. The third kappa shape index (κ3) is 4.55. The zero-order valence-electron chi connectivity index (χ0n) is 12.8. The zero-order chi connectivity index (χ0) is 14.5. The first-order chi connectivity index (χ1) is 10.3. The van der Waals surface area contributed by atoms with Crippen LogP contribution in [-0.4, -0.2) is 30.2 Å².